The Morgan fingerprint density at radius 3 is 2.56 bits per heavy atom. The highest BCUT2D eigenvalue weighted by Crippen LogP contribution is 2.22. The fourth-order valence-electron chi connectivity index (χ4n) is 3.08. The van der Waals surface area contributed by atoms with Gasteiger partial charge in [-0.05, 0) is 37.5 Å². The van der Waals surface area contributed by atoms with Gasteiger partial charge < -0.3 is 4.74 Å². The molecule has 2 aliphatic rings. The first-order valence-corrected chi connectivity index (χ1v) is 11.6. The number of benzene rings is 1. The average Bonchev–Trinajstić information content (AvgIpc) is 2.69. The van der Waals surface area contributed by atoms with Crippen LogP contribution in [0.4, 0.5) is 0 Å². The maximum Gasteiger partial charge on any atom is 0.243 e. The third kappa shape index (κ3) is 5.10. The van der Waals surface area contributed by atoms with E-state index in [2.05, 4.69) is 15.5 Å². The zero-order valence-corrected chi connectivity index (χ0v) is 17.4. The van der Waals surface area contributed by atoms with Gasteiger partial charge in [0.05, 0.1) is 23.3 Å². The van der Waals surface area contributed by atoms with Gasteiger partial charge >= 0.3 is 0 Å². The Morgan fingerprint density at radius 1 is 1.26 bits per heavy atom. The van der Waals surface area contributed by atoms with Crippen molar-refractivity contribution in [2.45, 2.75) is 37.1 Å². The number of aliphatic imine (C=N–C) groups is 1. The number of rotatable bonds is 6. The molecule has 1 N–H and O–H groups in total. The number of hydrogen-bond acceptors (Lipinski definition) is 6. The van der Waals surface area contributed by atoms with Gasteiger partial charge in [-0.3, -0.25) is 10.4 Å². The van der Waals surface area contributed by atoms with Crippen molar-refractivity contribution in [1.82, 2.24) is 9.73 Å². The highest BCUT2D eigenvalue weighted by atomic mass is 32.2. The van der Waals surface area contributed by atoms with E-state index < -0.39 is 10.0 Å². The van der Waals surface area contributed by atoms with Crippen LogP contribution in [0.3, 0.4) is 0 Å². The van der Waals surface area contributed by atoms with Crippen LogP contribution in [0.2, 0.25) is 0 Å². The summed E-state index contributed by atoms with van der Waals surface area (Å²) >= 11 is 1.58. The number of nitrogens with zero attached hydrogens (tertiary/aromatic N) is 3. The van der Waals surface area contributed by atoms with Crippen molar-refractivity contribution >= 4 is 32.7 Å². The minimum atomic E-state index is -3.40. The number of amidine groups is 1. The quantitative estimate of drug-likeness (QED) is 0.778. The predicted molar refractivity (Wildman–Crippen MR) is 110 cm³/mol. The Bertz CT molecular complexity index is 800. The van der Waals surface area contributed by atoms with Crippen LogP contribution in [-0.4, -0.2) is 62.2 Å². The number of ether oxygens (including phenoxy) is 1. The van der Waals surface area contributed by atoms with E-state index in [1.165, 1.54) is 0 Å². The molecule has 0 aliphatic carbocycles. The summed E-state index contributed by atoms with van der Waals surface area (Å²) in [5.74, 6) is 0.684. The number of nitrogens with one attached hydrogen (secondary N) is 1. The molecule has 1 unspecified atom stereocenters. The molecule has 1 atom stereocenters. The molecule has 0 radical (unpaired) electrons. The van der Waals surface area contributed by atoms with Gasteiger partial charge in [-0.1, -0.05) is 30.3 Å². The molecule has 7 nitrogen and oxygen atoms in total. The van der Waals surface area contributed by atoms with Crippen molar-refractivity contribution in [3.63, 3.8) is 0 Å². The van der Waals surface area contributed by atoms with Gasteiger partial charge in [-0.15, -0.1) is 0 Å². The summed E-state index contributed by atoms with van der Waals surface area (Å²) in [5, 5.41) is 5.16. The van der Waals surface area contributed by atoms with E-state index in [0.29, 0.717) is 30.3 Å². The predicted octanol–water partition coefficient (Wildman–Crippen LogP) is 2.29. The Morgan fingerprint density at radius 2 is 1.96 bits per heavy atom. The van der Waals surface area contributed by atoms with Crippen molar-refractivity contribution in [1.29, 1.82) is 0 Å². The molecule has 0 saturated carbocycles. The van der Waals surface area contributed by atoms with E-state index in [-0.39, 0.29) is 6.04 Å². The first-order valence-electron chi connectivity index (χ1n) is 9.13. The summed E-state index contributed by atoms with van der Waals surface area (Å²) < 4.78 is 32.1. The summed E-state index contributed by atoms with van der Waals surface area (Å²) in [5.41, 5.74) is 4.76. The Labute approximate surface area is 165 Å². The molecule has 2 heterocycles. The summed E-state index contributed by atoms with van der Waals surface area (Å²) in [4.78, 5) is 4.85. The molecule has 1 saturated heterocycles. The Kier molecular flexibility index (Phi) is 6.91. The minimum Gasteiger partial charge on any atom is -0.382 e. The van der Waals surface area contributed by atoms with Gasteiger partial charge in [-0.2, -0.15) is 9.41 Å². The molecule has 27 heavy (non-hydrogen) atoms. The van der Waals surface area contributed by atoms with E-state index >= 15 is 0 Å². The van der Waals surface area contributed by atoms with Crippen LogP contribution in [-0.2, 0) is 14.8 Å². The Balaban J connectivity index is 1.68. The number of piperidine rings is 1. The standard InChI is InChI=1S/C18H26N4O3S2/c1-14(12-25-2)19-18-21-20-17(13-26-18)15-6-8-16(9-7-15)27(23,24)22-10-4-3-5-11-22/h6-9,14H,3-5,10-13H2,1-2H3,(H,19,21). The molecule has 1 aromatic rings. The molecule has 148 valence electrons. The Hall–Kier alpha value is -1.42. The lowest BCUT2D eigenvalue weighted by Crippen LogP contribution is -2.35. The molecule has 0 spiro atoms. The number of methoxy groups -OCH3 is 1. The van der Waals surface area contributed by atoms with Crippen molar-refractivity contribution < 1.29 is 13.2 Å². The smallest absolute Gasteiger partial charge is 0.243 e. The monoisotopic (exact) mass is 410 g/mol. The number of sulfonamides is 1. The minimum absolute atomic E-state index is 0.0704. The second-order valence-corrected chi connectivity index (χ2v) is 9.59. The molecule has 2 aliphatic heterocycles. The van der Waals surface area contributed by atoms with E-state index in [4.69, 9.17) is 4.74 Å². The number of hydrazone groups is 1. The van der Waals surface area contributed by atoms with Gasteiger partial charge in [0.2, 0.25) is 10.0 Å². The largest absolute Gasteiger partial charge is 0.382 e. The average molecular weight is 411 g/mol. The zero-order chi connectivity index (χ0) is 19.3. The molecule has 0 aromatic heterocycles. The molecule has 0 amide bonds. The lowest BCUT2D eigenvalue weighted by Gasteiger charge is -2.26. The van der Waals surface area contributed by atoms with Crippen LogP contribution in [0, 0.1) is 0 Å². The van der Waals surface area contributed by atoms with Gasteiger partial charge in [0, 0.05) is 26.0 Å². The van der Waals surface area contributed by atoms with Crippen molar-refractivity contribution in [3.05, 3.63) is 29.8 Å². The van der Waals surface area contributed by atoms with Gasteiger partial charge in [-0.25, -0.2) is 8.42 Å². The second-order valence-electron chi connectivity index (χ2n) is 6.69. The number of thioether (sulfide) groups is 1. The van der Waals surface area contributed by atoms with Gasteiger partial charge in [0.25, 0.3) is 0 Å². The van der Waals surface area contributed by atoms with Crippen LogP contribution in [0.25, 0.3) is 0 Å². The normalized spacial score (nSPS) is 21.6. The molecule has 9 heteroatoms. The fraction of sp³-hybridized carbons (Fsp3) is 0.556. The fourth-order valence-corrected chi connectivity index (χ4v) is 5.47. The first kappa shape index (κ1) is 20.3. The van der Waals surface area contributed by atoms with E-state index in [9.17, 15) is 8.42 Å². The van der Waals surface area contributed by atoms with Crippen LogP contribution in [0.1, 0.15) is 31.7 Å². The maximum atomic E-state index is 12.7. The SMILES string of the molecule is COCC(C)N=C1NN=C(c2ccc(S(=O)(=O)N3CCCCC3)cc2)CS1. The first-order chi connectivity index (χ1) is 13.0. The lowest BCUT2D eigenvalue weighted by atomic mass is 10.1. The molecule has 1 aromatic carbocycles. The molecule has 3 rings (SSSR count). The molecular weight excluding hydrogens is 384 g/mol. The van der Waals surface area contributed by atoms with Crippen LogP contribution >= 0.6 is 11.8 Å². The van der Waals surface area contributed by atoms with Gasteiger partial charge in [0.1, 0.15) is 0 Å². The zero-order valence-electron chi connectivity index (χ0n) is 15.7. The second kappa shape index (κ2) is 9.18. The van der Waals surface area contributed by atoms with Crippen molar-refractivity contribution in [2.75, 3.05) is 32.6 Å². The molecule has 0 bridgehead atoms. The van der Waals surface area contributed by atoms with E-state index in [0.717, 1.165) is 35.7 Å². The maximum absolute atomic E-state index is 12.7. The highest BCUT2D eigenvalue weighted by Gasteiger charge is 2.26. The summed E-state index contributed by atoms with van der Waals surface area (Å²) in [6.45, 7) is 3.77. The van der Waals surface area contributed by atoms with Crippen LogP contribution in [0.15, 0.2) is 39.3 Å². The van der Waals surface area contributed by atoms with Crippen LogP contribution < -0.4 is 5.43 Å². The topological polar surface area (TPSA) is 83.4 Å². The van der Waals surface area contributed by atoms with Gasteiger partial charge in [0.15, 0.2) is 5.17 Å². The van der Waals surface area contributed by atoms with Crippen LogP contribution in [0.5, 0.6) is 0 Å². The third-order valence-electron chi connectivity index (χ3n) is 4.52. The third-order valence-corrected chi connectivity index (χ3v) is 7.32. The highest BCUT2D eigenvalue weighted by molar-refractivity contribution is 8.14. The molecular formula is C18H26N4O3S2. The van der Waals surface area contributed by atoms with Crippen molar-refractivity contribution in [3.8, 4) is 0 Å². The van der Waals surface area contributed by atoms with E-state index in [1.807, 2.05) is 19.1 Å². The van der Waals surface area contributed by atoms with Crippen molar-refractivity contribution in [2.24, 2.45) is 10.1 Å². The van der Waals surface area contributed by atoms with E-state index in [1.54, 1.807) is 35.3 Å². The number of hydrogen-bond donors (Lipinski definition) is 1. The summed E-state index contributed by atoms with van der Waals surface area (Å²) in [6, 6.07) is 7.08. The molecule has 1 fully saturated rings. The summed E-state index contributed by atoms with van der Waals surface area (Å²) in [7, 11) is -1.74. The summed E-state index contributed by atoms with van der Waals surface area (Å²) in [6.07, 6.45) is 2.97. The lowest BCUT2D eigenvalue weighted by molar-refractivity contribution is 0.186.